The number of fused-ring (bicyclic) bond motifs is 1. The molecule has 0 unspecified atom stereocenters. The highest BCUT2D eigenvalue weighted by Crippen LogP contribution is 2.32. The van der Waals surface area contributed by atoms with Gasteiger partial charge in [-0.2, -0.15) is 0 Å². The number of hydrogen-bond donors (Lipinski definition) is 0. The zero-order valence-electron chi connectivity index (χ0n) is 15.5. The molecule has 0 radical (unpaired) electrons. The second-order valence-electron chi connectivity index (χ2n) is 6.30. The molecule has 2 heterocycles. The number of thioether (sulfide) groups is 1. The van der Waals surface area contributed by atoms with Crippen LogP contribution in [0.4, 0.5) is 10.8 Å². The van der Waals surface area contributed by atoms with E-state index in [9.17, 15) is 4.79 Å². The number of benzene rings is 2. The predicted octanol–water partition coefficient (Wildman–Crippen LogP) is 5.37. The number of carbonyl (C=O) groups excluding carboxylic acids is 1. The minimum absolute atomic E-state index is 0.0547. The average Bonchev–Trinajstić information content (AvgIpc) is 3.14. The summed E-state index contributed by atoms with van der Waals surface area (Å²) in [5.74, 6) is 0.623. The zero-order valence-corrected chi connectivity index (χ0v) is 17.1. The molecule has 140 valence electrons. The van der Waals surface area contributed by atoms with Gasteiger partial charge in [-0.15, -0.1) is 11.3 Å². The van der Waals surface area contributed by atoms with Crippen LogP contribution in [0.2, 0.25) is 0 Å². The van der Waals surface area contributed by atoms with E-state index in [0.29, 0.717) is 10.9 Å². The van der Waals surface area contributed by atoms with Crippen LogP contribution in [0.5, 0.6) is 0 Å². The van der Waals surface area contributed by atoms with Crippen LogP contribution in [0.15, 0.2) is 65.3 Å². The maximum Gasteiger partial charge on any atom is 0.230 e. The highest BCUT2D eigenvalue weighted by atomic mass is 32.2. The molecule has 28 heavy (non-hydrogen) atoms. The second kappa shape index (κ2) is 8.08. The zero-order chi connectivity index (χ0) is 19.5. The molecule has 0 saturated heterocycles. The van der Waals surface area contributed by atoms with Crippen LogP contribution in [0.25, 0.3) is 10.9 Å². The molecular weight excluding hydrogens is 388 g/mol. The number of carbonyl (C=O) groups is 1. The number of anilines is 2. The lowest BCUT2D eigenvalue weighted by Gasteiger charge is -2.18. The van der Waals surface area contributed by atoms with Gasteiger partial charge in [-0.05, 0) is 30.7 Å². The molecule has 0 atom stereocenters. The van der Waals surface area contributed by atoms with E-state index in [1.165, 1.54) is 11.3 Å². The summed E-state index contributed by atoms with van der Waals surface area (Å²) in [4.78, 5) is 27.3. The van der Waals surface area contributed by atoms with Crippen molar-refractivity contribution in [1.29, 1.82) is 0 Å². The summed E-state index contributed by atoms with van der Waals surface area (Å²) < 4.78 is 0. The van der Waals surface area contributed by atoms with Crippen molar-refractivity contribution in [2.75, 3.05) is 4.90 Å². The van der Waals surface area contributed by atoms with E-state index in [1.807, 2.05) is 60.8 Å². The Hall–Kier alpha value is -2.77. The molecule has 2 aromatic heterocycles. The van der Waals surface area contributed by atoms with Gasteiger partial charge in [-0.1, -0.05) is 42.1 Å². The van der Waals surface area contributed by atoms with Crippen molar-refractivity contribution in [3.63, 3.8) is 0 Å². The lowest BCUT2D eigenvalue weighted by Crippen LogP contribution is -2.22. The largest absolute Gasteiger partial charge is 0.274 e. The number of aryl methyl sites for hydroxylation is 1. The predicted molar refractivity (Wildman–Crippen MR) is 115 cm³/mol. The minimum atomic E-state index is -0.0547. The molecule has 4 aromatic rings. The number of thiazole rings is 1. The lowest BCUT2D eigenvalue weighted by atomic mass is 10.2. The van der Waals surface area contributed by atoms with Crippen LogP contribution in [-0.4, -0.2) is 20.9 Å². The molecule has 4 rings (SSSR count). The van der Waals surface area contributed by atoms with Gasteiger partial charge in [-0.3, -0.25) is 9.69 Å². The van der Waals surface area contributed by atoms with Gasteiger partial charge in [-0.25, -0.2) is 15.0 Å². The van der Waals surface area contributed by atoms with Crippen LogP contribution in [0, 0.1) is 6.92 Å². The summed E-state index contributed by atoms with van der Waals surface area (Å²) in [5, 5.41) is 4.65. The molecule has 0 aliphatic carbocycles. The van der Waals surface area contributed by atoms with Crippen LogP contribution < -0.4 is 4.90 Å². The number of rotatable bonds is 5. The summed E-state index contributed by atoms with van der Waals surface area (Å²) in [6, 6.07) is 15.8. The molecule has 0 spiro atoms. The summed E-state index contributed by atoms with van der Waals surface area (Å²) in [7, 11) is 0. The first-order chi connectivity index (χ1) is 13.6. The Labute approximate surface area is 171 Å². The Kier molecular flexibility index (Phi) is 5.36. The van der Waals surface area contributed by atoms with Gasteiger partial charge in [0, 0.05) is 23.4 Å². The van der Waals surface area contributed by atoms with Gasteiger partial charge >= 0.3 is 0 Å². The monoisotopic (exact) mass is 406 g/mol. The van der Waals surface area contributed by atoms with Crippen molar-refractivity contribution in [3.8, 4) is 0 Å². The van der Waals surface area contributed by atoms with Crippen molar-refractivity contribution in [2.24, 2.45) is 0 Å². The van der Waals surface area contributed by atoms with E-state index in [0.717, 1.165) is 32.9 Å². The molecule has 0 N–H and O–H groups in total. The maximum absolute atomic E-state index is 12.3. The van der Waals surface area contributed by atoms with E-state index in [-0.39, 0.29) is 5.91 Å². The Morgan fingerprint density at radius 3 is 2.82 bits per heavy atom. The Balaban J connectivity index is 1.56. The molecule has 7 heteroatoms. The summed E-state index contributed by atoms with van der Waals surface area (Å²) >= 11 is 3.10. The molecule has 0 bridgehead atoms. The van der Waals surface area contributed by atoms with E-state index in [2.05, 4.69) is 9.97 Å². The quantitative estimate of drug-likeness (QED) is 0.329. The van der Waals surface area contributed by atoms with Crippen molar-refractivity contribution >= 4 is 50.7 Å². The number of hydrogen-bond acceptors (Lipinski definition) is 6. The molecule has 0 aliphatic heterocycles. The highest BCUT2D eigenvalue weighted by Gasteiger charge is 2.18. The summed E-state index contributed by atoms with van der Waals surface area (Å²) in [6.07, 6.45) is 1.59. The molecule has 5 nitrogen and oxygen atoms in total. The van der Waals surface area contributed by atoms with E-state index < -0.39 is 0 Å². The fourth-order valence-electron chi connectivity index (χ4n) is 2.90. The molecule has 0 saturated carbocycles. The van der Waals surface area contributed by atoms with Crippen molar-refractivity contribution in [3.05, 3.63) is 71.5 Å². The fraction of sp³-hybridized carbons (Fsp3) is 0.143. The second-order valence-corrected chi connectivity index (χ2v) is 8.10. The lowest BCUT2D eigenvalue weighted by molar-refractivity contribution is -0.115. The molecular formula is C21H18N4OS2. The molecule has 0 aliphatic rings. The number of aromatic nitrogens is 3. The van der Waals surface area contributed by atoms with Gasteiger partial charge in [0.05, 0.1) is 16.9 Å². The van der Waals surface area contributed by atoms with Gasteiger partial charge in [0.1, 0.15) is 11.4 Å². The fourth-order valence-corrected chi connectivity index (χ4v) is 4.77. The highest BCUT2D eigenvalue weighted by molar-refractivity contribution is 7.98. The van der Waals surface area contributed by atoms with Crippen molar-refractivity contribution in [1.82, 2.24) is 15.0 Å². The van der Waals surface area contributed by atoms with Crippen LogP contribution in [-0.2, 0) is 10.5 Å². The van der Waals surface area contributed by atoms with Crippen LogP contribution >= 0.6 is 23.1 Å². The van der Waals surface area contributed by atoms with Crippen LogP contribution in [0.3, 0.4) is 0 Å². The Morgan fingerprint density at radius 2 is 2.00 bits per heavy atom. The third kappa shape index (κ3) is 3.90. The van der Waals surface area contributed by atoms with E-state index in [4.69, 9.17) is 4.98 Å². The van der Waals surface area contributed by atoms with Crippen molar-refractivity contribution in [2.45, 2.75) is 24.6 Å². The first kappa shape index (κ1) is 18.6. The third-order valence-electron chi connectivity index (χ3n) is 4.17. The van der Waals surface area contributed by atoms with Gasteiger partial charge in [0.15, 0.2) is 5.13 Å². The maximum atomic E-state index is 12.3. The Bertz CT molecular complexity index is 1140. The minimum Gasteiger partial charge on any atom is -0.274 e. The van der Waals surface area contributed by atoms with Crippen LogP contribution in [0.1, 0.15) is 18.2 Å². The number of amides is 1. The Morgan fingerprint density at radius 1 is 1.14 bits per heavy atom. The normalized spacial score (nSPS) is 10.9. The third-order valence-corrected chi connectivity index (χ3v) is 6.08. The average molecular weight is 407 g/mol. The summed E-state index contributed by atoms with van der Waals surface area (Å²) in [5.41, 5.74) is 3.79. The topological polar surface area (TPSA) is 59.0 Å². The van der Waals surface area contributed by atoms with Crippen molar-refractivity contribution < 1.29 is 4.79 Å². The standard InChI is InChI=1S/C21H18N4OS2/c1-14-6-5-7-17(10-14)25(15(2)26)21-24-16(12-28-21)11-27-20-18-8-3-4-9-19(18)22-13-23-20/h3-10,12-13H,11H2,1-2H3. The number of para-hydroxylation sites is 1. The SMILES string of the molecule is CC(=O)N(c1cccc(C)c1)c1nc(CSc2ncnc3ccccc23)cs1. The molecule has 2 aromatic carbocycles. The molecule has 1 amide bonds. The summed E-state index contributed by atoms with van der Waals surface area (Å²) in [6.45, 7) is 3.57. The first-order valence-corrected chi connectivity index (χ1v) is 10.6. The van der Waals surface area contributed by atoms with E-state index in [1.54, 1.807) is 29.9 Å². The van der Waals surface area contributed by atoms with Gasteiger partial charge in [0.2, 0.25) is 5.91 Å². The number of nitrogens with zero attached hydrogens (tertiary/aromatic N) is 4. The van der Waals surface area contributed by atoms with E-state index >= 15 is 0 Å². The smallest absolute Gasteiger partial charge is 0.230 e. The van der Waals surface area contributed by atoms with Gasteiger partial charge in [0.25, 0.3) is 0 Å². The van der Waals surface area contributed by atoms with Gasteiger partial charge < -0.3 is 0 Å². The first-order valence-electron chi connectivity index (χ1n) is 8.76. The molecule has 0 fully saturated rings.